The van der Waals surface area contributed by atoms with Gasteiger partial charge in [0.1, 0.15) is 0 Å². The van der Waals surface area contributed by atoms with Crippen molar-refractivity contribution in [1.29, 1.82) is 0 Å². The van der Waals surface area contributed by atoms with Crippen molar-refractivity contribution in [3.8, 4) is 0 Å². The van der Waals surface area contributed by atoms with Crippen LogP contribution in [-0.4, -0.2) is 43.6 Å². The van der Waals surface area contributed by atoms with E-state index in [1.165, 1.54) is 0 Å². The number of piperidine rings is 2. The summed E-state index contributed by atoms with van der Waals surface area (Å²) >= 11 is 0. The number of hydrogen-bond donors (Lipinski definition) is 1. The summed E-state index contributed by atoms with van der Waals surface area (Å²) < 4.78 is 26.9. The highest BCUT2D eigenvalue weighted by molar-refractivity contribution is 7.89. The lowest BCUT2D eigenvalue weighted by Crippen LogP contribution is -2.48. The van der Waals surface area contributed by atoms with E-state index in [1.54, 1.807) is 4.31 Å². The molecule has 2 aliphatic heterocycles. The maximum absolute atomic E-state index is 12.6. The van der Waals surface area contributed by atoms with E-state index in [0.717, 1.165) is 51.6 Å². The normalized spacial score (nSPS) is 31.5. The molecule has 2 heterocycles. The molecule has 0 bridgehead atoms. The fraction of sp³-hybridized carbons (Fsp3) is 1.00. The zero-order chi connectivity index (χ0) is 13.9. The van der Waals surface area contributed by atoms with Crippen molar-refractivity contribution in [3.05, 3.63) is 0 Å². The van der Waals surface area contributed by atoms with E-state index < -0.39 is 10.0 Å². The smallest absolute Gasteiger partial charge is 0.214 e. The maximum atomic E-state index is 12.6. The molecule has 0 aromatic carbocycles. The van der Waals surface area contributed by atoms with E-state index in [2.05, 4.69) is 19.2 Å². The van der Waals surface area contributed by atoms with Gasteiger partial charge in [0.05, 0.1) is 5.75 Å². The summed E-state index contributed by atoms with van der Waals surface area (Å²) in [6.45, 7) is 6.19. The Kier molecular flexibility index (Phi) is 5.26. The average Bonchev–Trinajstić information content (AvgIpc) is 2.37. The predicted molar refractivity (Wildman–Crippen MR) is 78.6 cm³/mol. The largest absolute Gasteiger partial charge is 0.317 e. The minimum Gasteiger partial charge on any atom is -0.317 e. The predicted octanol–water partition coefficient (Wildman–Crippen LogP) is 1.97. The summed E-state index contributed by atoms with van der Waals surface area (Å²) in [4.78, 5) is 0. The second-order valence-electron chi connectivity index (χ2n) is 6.26. The molecule has 5 heteroatoms. The van der Waals surface area contributed by atoms with Crippen molar-refractivity contribution >= 4 is 10.0 Å². The summed E-state index contributed by atoms with van der Waals surface area (Å²) in [5.41, 5.74) is 0. The van der Waals surface area contributed by atoms with E-state index in [-0.39, 0.29) is 12.1 Å². The number of sulfonamides is 1. The van der Waals surface area contributed by atoms with Gasteiger partial charge in [-0.3, -0.25) is 0 Å². The quantitative estimate of drug-likeness (QED) is 0.860. The molecule has 0 aromatic heterocycles. The lowest BCUT2D eigenvalue weighted by Gasteiger charge is -2.38. The Balaban J connectivity index is 1.92. The van der Waals surface area contributed by atoms with Crippen molar-refractivity contribution in [3.63, 3.8) is 0 Å². The molecule has 19 heavy (non-hydrogen) atoms. The number of nitrogens with one attached hydrogen (secondary N) is 1. The van der Waals surface area contributed by atoms with E-state index >= 15 is 0 Å². The van der Waals surface area contributed by atoms with Gasteiger partial charge in [0.25, 0.3) is 0 Å². The number of nitrogens with zero attached hydrogens (tertiary/aromatic N) is 1. The van der Waals surface area contributed by atoms with E-state index in [4.69, 9.17) is 0 Å². The van der Waals surface area contributed by atoms with Gasteiger partial charge in [-0.1, -0.05) is 6.42 Å². The van der Waals surface area contributed by atoms with Crippen LogP contribution in [0.2, 0.25) is 0 Å². The first-order valence-corrected chi connectivity index (χ1v) is 9.33. The van der Waals surface area contributed by atoms with Gasteiger partial charge in [-0.15, -0.1) is 0 Å². The Morgan fingerprint density at radius 2 is 1.63 bits per heavy atom. The molecular formula is C14H28N2O2S. The highest BCUT2D eigenvalue weighted by atomic mass is 32.2. The topological polar surface area (TPSA) is 49.4 Å². The van der Waals surface area contributed by atoms with Crippen LogP contribution >= 0.6 is 0 Å². The van der Waals surface area contributed by atoms with Crippen molar-refractivity contribution in [2.75, 3.05) is 18.8 Å². The molecule has 2 aliphatic rings. The van der Waals surface area contributed by atoms with Crippen molar-refractivity contribution in [2.45, 2.75) is 64.5 Å². The Bertz CT molecular complexity index is 367. The van der Waals surface area contributed by atoms with Gasteiger partial charge in [-0.25, -0.2) is 8.42 Å². The molecule has 0 amide bonds. The molecular weight excluding hydrogens is 260 g/mol. The Morgan fingerprint density at radius 3 is 2.21 bits per heavy atom. The second-order valence-corrected chi connectivity index (χ2v) is 8.25. The molecule has 4 nitrogen and oxygen atoms in total. The molecule has 0 radical (unpaired) electrons. The standard InChI is InChI=1S/C14H28N2O2S/c1-12-4-3-5-13(2)16(12)19(17,18)11-8-14-6-9-15-10-7-14/h12-15H,3-11H2,1-2H3. The third kappa shape index (κ3) is 3.92. The zero-order valence-electron chi connectivity index (χ0n) is 12.3. The van der Waals surface area contributed by atoms with Crippen LogP contribution in [0.5, 0.6) is 0 Å². The van der Waals surface area contributed by atoms with Gasteiger partial charge in [-0.2, -0.15) is 4.31 Å². The first kappa shape index (κ1) is 15.3. The lowest BCUT2D eigenvalue weighted by molar-refractivity contribution is 0.203. The van der Waals surface area contributed by atoms with Gasteiger partial charge in [0, 0.05) is 12.1 Å². The average molecular weight is 288 g/mol. The van der Waals surface area contributed by atoms with Crippen LogP contribution in [0.3, 0.4) is 0 Å². The van der Waals surface area contributed by atoms with Crippen molar-refractivity contribution < 1.29 is 8.42 Å². The molecule has 2 saturated heterocycles. The van der Waals surface area contributed by atoms with Gasteiger partial charge < -0.3 is 5.32 Å². The van der Waals surface area contributed by atoms with Gasteiger partial charge in [0.15, 0.2) is 0 Å². The van der Waals surface area contributed by atoms with Crippen LogP contribution in [0, 0.1) is 5.92 Å². The highest BCUT2D eigenvalue weighted by Gasteiger charge is 2.34. The third-order valence-corrected chi connectivity index (χ3v) is 6.79. The van der Waals surface area contributed by atoms with Gasteiger partial charge >= 0.3 is 0 Å². The first-order chi connectivity index (χ1) is 9.00. The maximum Gasteiger partial charge on any atom is 0.214 e. The summed E-state index contributed by atoms with van der Waals surface area (Å²) in [5.74, 6) is 0.929. The van der Waals surface area contributed by atoms with Gasteiger partial charge in [0.2, 0.25) is 10.0 Å². The minimum atomic E-state index is -3.07. The molecule has 0 spiro atoms. The molecule has 2 unspecified atom stereocenters. The first-order valence-electron chi connectivity index (χ1n) is 7.72. The van der Waals surface area contributed by atoms with Crippen LogP contribution in [0.25, 0.3) is 0 Å². The molecule has 2 fully saturated rings. The lowest BCUT2D eigenvalue weighted by atomic mass is 9.96. The van der Waals surface area contributed by atoms with Crippen LogP contribution in [-0.2, 0) is 10.0 Å². The number of rotatable bonds is 4. The van der Waals surface area contributed by atoms with Crippen LogP contribution in [0.1, 0.15) is 52.4 Å². The Labute approximate surface area is 118 Å². The Hall–Kier alpha value is -0.130. The van der Waals surface area contributed by atoms with Crippen LogP contribution < -0.4 is 5.32 Å². The molecule has 0 aliphatic carbocycles. The third-order valence-electron chi connectivity index (χ3n) is 4.68. The SMILES string of the molecule is CC1CCCC(C)N1S(=O)(=O)CCC1CCNCC1. The summed E-state index contributed by atoms with van der Waals surface area (Å²) in [5, 5.41) is 3.33. The van der Waals surface area contributed by atoms with Crippen molar-refractivity contribution in [1.82, 2.24) is 9.62 Å². The zero-order valence-corrected chi connectivity index (χ0v) is 13.1. The molecule has 2 rings (SSSR count). The van der Waals surface area contributed by atoms with Crippen LogP contribution in [0.4, 0.5) is 0 Å². The Morgan fingerprint density at radius 1 is 1.05 bits per heavy atom. The highest BCUT2D eigenvalue weighted by Crippen LogP contribution is 2.27. The van der Waals surface area contributed by atoms with Crippen molar-refractivity contribution in [2.24, 2.45) is 5.92 Å². The van der Waals surface area contributed by atoms with E-state index in [0.29, 0.717) is 11.7 Å². The second kappa shape index (κ2) is 6.55. The molecule has 0 aromatic rings. The van der Waals surface area contributed by atoms with Gasteiger partial charge in [-0.05, 0) is 65.0 Å². The van der Waals surface area contributed by atoms with E-state index in [9.17, 15) is 8.42 Å². The molecule has 0 saturated carbocycles. The summed E-state index contributed by atoms with van der Waals surface area (Å²) in [6, 6.07) is 0.364. The molecule has 1 N–H and O–H groups in total. The molecule has 112 valence electrons. The van der Waals surface area contributed by atoms with E-state index in [1.807, 2.05) is 0 Å². The summed E-state index contributed by atoms with van der Waals surface area (Å²) in [7, 11) is -3.07. The molecule has 2 atom stereocenters. The fourth-order valence-corrected chi connectivity index (χ4v) is 5.69. The minimum absolute atomic E-state index is 0.182. The van der Waals surface area contributed by atoms with Crippen LogP contribution in [0.15, 0.2) is 0 Å². The monoisotopic (exact) mass is 288 g/mol. The number of hydrogen-bond acceptors (Lipinski definition) is 3. The fourth-order valence-electron chi connectivity index (χ4n) is 3.54. The summed E-state index contributed by atoms with van der Waals surface area (Å²) in [6.07, 6.45) is 6.26.